The summed E-state index contributed by atoms with van der Waals surface area (Å²) in [6, 6.07) is 6.20. The summed E-state index contributed by atoms with van der Waals surface area (Å²) in [7, 11) is 0. The van der Waals surface area contributed by atoms with E-state index < -0.39 is 0 Å². The molecular formula is C12H10ClFN2. The van der Waals surface area contributed by atoms with Crippen molar-refractivity contribution in [1.82, 2.24) is 9.97 Å². The summed E-state index contributed by atoms with van der Waals surface area (Å²) in [5.74, 6) is 0.156. The Morgan fingerprint density at radius 1 is 1.12 bits per heavy atom. The molecule has 0 bridgehead atoms. The van der Waals surface area contributed by atoms with E-state index in [1.165, 1.54) is 12.1 Å². The molecule has 0 amide bonds. The van der Waals surface area contributed by atoms with Gasteiger partial charge in [0.25, 0.3) is 0 Å². The highest BCUT2D eigenvalue weighted by molar-refractivity contribution is 6.29. The van der Waals surface area contributed by atoms with Crippen molar-refractivity contribution in [2.75, 3.05) is 0 Å². The second-order valence-electron chi connectivity index (χ2n) is 3.61. The second-order valence-corrected chi connectivity index (χ2v) is 4.00. The molecule has 4 heteroatoms. The zero-order valence-corrected chi connectivity index (χ0v) is 9.72. The number of nitrogens with zero attached hydrogens (tertiary/aromatic N) is 2. The number of hydrogen-bond acceptors (Lipinski definition) is 2. The fourth-order valence-corrected chi connectivity index (χ4v) is 1.72. The van der Waals surface area contributed by atoms with Crippen molar-refractivity contribution in [1.29, 1.82) is 0 Å². The minimum Gasteiger partial charge on any atom is -0.233 e. The molecule has 0 aliphatic rings. The van der Waals surface area contributed by atoms with Crippen LogP contribution in [-0.4, -0.2) is 9.97 Å². The highest BCUT2D eigenvalue weighted by Gasteiger charge is 2.08. The molecule has 0 spiro atoms. The van der Waals surface area contributed by atoms with Gasteiger partial charge in [0.05, 0.1) is 0 Å². The number of aromatic nitrogens is 2. The summed E-state index contributed by atoms with van der Waals surface area (Å²) in [4.78, 5) is 8.34. The van der Waals surface area contributed by atoms with Crippen molar-refractivity contribution in [3.05, 3.63) is 46.5 Å². The Kier molecular flexibility index (Phi) is 2.88. The van der Waals surface area contributed by atoms with Gasteiger partial charge in [-0.05, 0) is 37.6 Å². The lowest BCUT2D eigenvalue weighted by Crippen LogP contribution is -1.95. The Morgan fingerprint density at radius 2 is 1.88 bits per heavy atom. The van der Waals surface area contributed by atoms with E-state index in [2.05, 4.69) is 9.97 Å². The fourth-order valence-electron chi connectivity index (χ4n) is 1.49. The maximum atomic E-state index is 13.1. The van der Waals surface area contributed by atoms with Crippen LogP contribution in [0.2, 0.25) is 5.15 Å². The molecular weight excluding hydrogens is 227 g/mol. The van der Waals surface area contributed by atoms with E-state index in [1.54, 1.807) is 12.1 Å². The second kappa shape index (κ2) is 4.18. The summed E-state index contributed by atoms with van der Waals surface area (Å²) >= 11 is 5.85. The Hall–Kier alpha value is -1.48. The minimum absolute atomic E-state index is 0.304. The quantitative estimate of drug-likeness (QED) is 0.708. The first-order valence-electron chi connectivity index (χ1n) is 4.84. The normalized spacial score (nSPS) is 10.5. The maximum absolute atomic E-state index is 13.1. The third-order valence-corrected chi connectivity index (χ3v) is 2.46. The van der Waals surface area contributed by atoms with E-state index in [4.69, 9.17) is 11.6 Å². The molecule has 0 atom stereocenters. The predicted octanol–water partition coefficient (Wildman–Crippen LogP) is 3.55. The Labute approximate surface area is 98.1 Å². The van der Waals surface area contributed by atoms with E-state index in [1.807, 2.05) is 13.8 Å². The van der Waals surface area contributed by atoms with Crippen molar-refractivity contribution in [3.8, 4) is 11.4 Å². The minimum atomic E-state index is -0.304. The monoisotopic (exact) mass is 236 g/mol. The number of halogens is 2. The van der Waals surface area contributed by atoms with Gasteiger partial charge in [-0.15, -0.1) is 0 Å². The van der Waals surface area contributed by atoms with Crippen LogP contribution in [0.4, 0.5) is 4.39 Å². The van der Waals surface area contributed by atoms with E-state index in [0.717, 1.165) is 11.3 Å². The van der Waals surface area contributed by atoms with Crippen LogP contribution in [0.25, 0.3) is 11.4 Å². The smallest absolute Gasteiger partial charge is 0.161 e. The zero-order chi connectivity index (χ0) is 11.7. The van der Waals surface area contributed by atoms with Gasteiger partial charge in [-0.2, -0.15) is 0 Å². The van der Waals surface area contributed by atoms with Gasteiger partial charge in [-0.3, -0.25) is 0 Å². The molecule has 1 heterocycles. The molecule has 0 saturated carbocycles. The highest BCUT2D eigenvalue weighted by atomic mass is 35.5. The molecule has 0 aliphatic carbocycles. The predicted molar refractivity (Wildman–Crippen MR) is 61.9 cm³/mol. The van der Waals surface area contributed by atoms with Crippen LogP contribution in [0.1, 0.15) is 11.3 Å². The maximum Gasteiger partial charge on any atom is 0.161 e. The van der Waals surface area contributed by atoms with Gasteiger partial charge in [-0.25, -0.2) is 14.4 Å². The average Bonchev–Trinajstić information content (AvgIpc) is 2.20. The van der Waals surface area contributed by atoms with Crippen LogP contribution in [0.5, 0.6) is 0 Å². The number of rotatable bonds is 1. The lowest BCUT2D eigenvalue weighted by molar-refractivity contribution is 0.627. The molecule has 82 valence electrons. The van der Waals surface area contributed by atoms with Gasteiger partial charge < -0.3 is 0 Å². The van der Waals surface area contributed by atoms with Crippen LogP contribution < -0.4 is 0 Å². The molecule has 0 unspecified atom stereocenters. The molecule has 2 aromatic rings. The van der Waals surface area contributed by atoms with Crippen LogP contribution in [0.15, 0.2) is 24.3 Å². The first kappa shape index (κ1) is 11.0. The van der Waals surface area contributed by atoms with Gasteiger partial charge in [-0.1, -0.05) is 17.7 Å². The van der Waals surface area contributed by atoms with Gasteiger partial charge >= 0.3 is 0 Å². The number of aryl methyl sites for hydroxylation is 2. The largest absolute Gasteiger partial charge is 0.233 e. The highest BCUT2D eigenvalue weighted by Crippen LogP contribution is 2.22. The summed E-state index contributed by atoms with van der Waals surface area (Å²) in [6.45, 7) is 3.71. The molecule has 0 fully saturated rings. The topological polar surface area (TPSA) is 25.8 Å². The molecule has 1 aromatic carbocycles. The molecule has 2 nitrogen and oxygen atoms in total. The fraction of sp³-hybridized carbons (Fsp3) is 0.167. The van der Waals surface area contributed by atoms with Gasteiger partial charge in [0.1, 0.15) is 11.0 Å². The molecule has 0 aliphatic heterocycles. The van der Waals surface area contributed by atoms with Crippen molar-refractivity contribution in [2.45, 2.75) is 13.8 Å². The van der Waals surface area contributed by atoms with E-state index in [-0.39, 0.29) is 5.82 Å². The summed E-state index contributed by atoms with van der Waals surface area (Å²) in [5, 5.41) is 0.367. The van der Waals surface area contributed by atoms with Gasteiger partial charge in [0, 0.05) is 11.3 Å². The SMILES string of the molecule is Cc1cc(Cl)nc(-c2cc(F)ccc2C)n1. The van der Waals surface area contributed by atoms with Crippen molar-refractivity contribution in [3.63, 3.8) is 0 Å². The lowest BCUT2D eigenvalue weighted by Gasteiger charge is -2.05. The molecule has 0 radical (unpaired) electrons. The van der Waals surface area contributed by atoms with Crippen molar-refractivity contribution >= 4 is 11.6 Å². The third-order valence-electron chi connectivity index (χ3n) is 2.26. The van der Waals surface area contributed by atoms with Crippen LogP contribution in [0.3, 0.4) is 0 Å². The molecule has 0 N–H and O–H groups in total. The Morgan fingerprint density at radius 3 is 2.56 bits per heavy atom. The van der Waals surface area contributed by atoms with Crippen LogP contribution in [-0.2, 0) is 0 Å². The van der Waals surface area contributed by atoms with Crippen LogP contribution >= 0.6 is 11.6 Å². The van der Waals surface area contributed by atoms with E-state index in [0.29, 0.717) is 16.5 Å². The number of benzene rings is 1. The first-order chi connectivity index (χ1) is 7.56. The molecule has 1 aromatic heterocycles. The third kappa shape index (κ3) is 2.19. The Bertz CT molecular complexity index is 520. The average molecular weight is 237 g/mol. The summed E-state index contributed by atoms with van der Waals surface area (Å²) < 4.78 is 13.1. The van der Waals surface area contributed by atoms with Crippen LogP contribution in [0, 0.1) is 19.7 Å². The standard InChI is InChI=1S/C12H10ClFN2/c1-7-3-4-9(14)6-10(7)12-15-8(2)5-11(13)16-12/h3-6H,1-2H3. The van der Waals surface area contributed by atoms with Gasteiger partial charge in [0.2, 0.25) is 0 Å². The first-order valence-corrected chi connectivity index (χ1v) is 5.22. The van der Waals surface area contributed by atoms with Gasteiger partial charge in [0.15, 0.2) is 5.82 Å². The summed E-state index contributed by atoms with van der Waals surface area (Å²) in [6.07, 6.45) is 0. The number of hydrogen-bond donors (Lipinski definition) is 0. The van der Waals surface area contributed by atoms with Crippen molar-refractivity contribution < 1.29 is 4.39 Å². The summed E-state index contributed by atoms with van der Waals surface area (Å²) in [5.41, 5.74) is 2.35. The molecule has 2 rings (SSSR count). The molecule has 16 heavy (non-hydrogen) atoms. The molecule has 0 saturated heterocycles. The zero-order valence-electron chi connectivity index (χ0n) is 8.96. The lowest BCUT2D eigenvalue weighted by atomic mass is 10.1. The van der Waals surface area contributed by atoms with E-state index >= 15 is 0 Å². The Balaban J connectivity index is 2.62. The van der Waals surface area contributed by atoms with Crippen molar-refractivity contribution in [2.24, 2.45) is 0 Å². The van der Waals surface area contributed by atoms with E-state index in [9.17, 15) is 4.39 Å².